The van der Waals surface area contributed by atoms with Crippen LogP contribution in [-0.4, -0.2) is 47.2 Å². The minimum atomic E-state index is -0.975. The van der Waals surface area contributed by atoms with Gasteiger partial charge in [0.15, 0.2) is 0 Å². The van der Waals surface area contributed by atoms with Crippen LogP contribution in [0, 0.1) is 0 Å². The molecule has 5 heteroatoms. The van der Waals surface area contributed by atoms with Crippen LogP contribution in [0.15, 0.2) is 0 Å². The maximum Gasteiger partial charge on any atom is 0.323 e. The average Bonchev–Trinajstić information content (AvgIpc) is 2.77. The number of carboxylic acid groups (broad SMARTS) is 1. The molecule has 0 aromatic rings. The first-order valence-electron chi connectivity index (χ1n) is 5.96. The van der Waals surface area contributed by atoms with Crippen LogP contribution in [-0.2, 0) is 14.3 Å². The summed E-state index contributed by atoms with van der Waals surface area (Å²) in [6.45, 7) is 3.09. The van der Waals surface area contributed by atoms with Crippen LogP contribution in [0.5, 0.6) is 0 Å². The summed E-state index contributed by atoms with van der Waals surface area (Å²) in [5.74, 6) is -1.22. The maximum atomic E-state index is 12.3. The van der Waals surface area contributed by atoms with Crippen LogP contribution in [0.3, 0.4) is 0 Å². The largest absolute Gasteiger partial charge is 0.480 e. The monoisotopic (exact) mass is 243 g/mol. The van der Waals surface area contributed by atoms with E-state index in [2.05, 4.69) is 0 Å². The molecule has 0 spiro atoms. The van der Waals surface area contributed by atoms with Gasteiger partial charge >= 0.3 is 5.97 Å². The third-order valence-corrected chi connectivity index (χ3v) is 3.36. The number of carbonyl (C=O) groups excluding carboxylic acids is 1. The van der Waals surface area contributed by atoms with E-state index in [-0.39, 0.29) is 18.5 Å². The number of hydrogen-bond acceptors (Lipinski definition) is 3. The summed E-state index contributed by atoms with van der Waals surface area (Å²) in [5, 5.41) is 8.90. The van der Waals surface area contributed by atoms with Crippen molar-refractivity contribution < 1.29 is 19.4 Å². The van der Waals surface area contributed by atoms with Gasteiger partial charge in [-0.15, -0.1) is 0 Å². The van der Waals surface area contributed by atoms with Crippen molar-refractivity contribution in [3.63, 3.8) is 0 Å². The predicted molar refractivity (Wildman–Crippen MR) is 62.7 cm³/mol. The number of amides is 1. The van der Waals surface area contributed by atoms with Crippen molar-refractivity contribution in [3.8, 4) is 0 Å². The normalized spacial score (nSPS) is 17.1. The van der Waals surface area contributed by atoms with Crippen LogP contribution < -0.4 is 0 Å². The summed E-state index contributed by atoms with van der Waals surface area (Å²) in [7, 11) is 1.46. The summed E-state index contributed by atoms with van der Waals surface area (Å²) in [4.78, 5) is 24.6. The first kappa shape index (κ1) is 14.0. The first-order chi connectivity index (χ1) is 7.88. The third-order valence-electron chi connectivity index (χ3n) is 3.36. The second-order valence-electron chi connectivity index (χ2n) is 4.98. The smallest absolute Gasteiger partial charge is 0.323 e. The van der Waals surface area contributed by atoms with Crippen molar-refractivity contribution in [2.75, 3.05) is 13.7 Å². The fourth-order valence-electron chi connectivity index (χ4n) is 2.16. The molecule has 0 heterocycles. The molecule has 0 saturated heterocycles. The molecule has 1 fully saturated rings. The van der Waals surface area contributed by atoms with Gasteiger partial charge in [-0.05, 0) is 26.7 Å². The van der Waals surface area contributed by atoms with Gasteiger partial charge < -0.3 is 14.7 Å². The zero-order valence-electron chi connectivity index (χ0n) is 10.7. The van der Waals surface area contributed by atoms with Crippen LogP contribution in [0.1, 0.15) is 39.5 Å². The van der Waals surface area contributed by atoms with Crippen molar-refractivity contribution >= 4 is 11.9 Å². The fourth-order valence-corrected chi connectivity index (χ4v) is 2.16. The number of carbonyl (C=O) groups is 2. The van der Waals surface area contributed by atoms with E-state index in [1.54, 1.807) is 13.8 Å². The first-order valence-corrected chi connectivity index (χ1v) is 5.96. The van der Waals surface area contributed by atoms with Crippen molar-refractivity contribution in [2.45, 2.75) is 51.2 Å². The number of rotatable bonds is 5. The highest BCUT2D eigenvalue weighted by Crippen LogP contribution is 2.26. The van der Waals surface area contributed by atoms with E-state index in [0.29, 0.717) is 0 Å². The average molecular weight is 243 g/mol. The second-order valence-corrected chi connectivity index (χ2v) is 4.98. The predicted octanol–water partition coefficient (Wildman–Crippen LogP) is 1.27. The van der Waals surface area contributed by atoms with E-state index in [1.807, 2.05) is 0 Å². The molecule has 1 saturated carbocycles. The summed E-state index contributed by atoms with van der Waals surface area (Å²) in [6.07, 6.45) is 3.89. The van der Waals surface area contributed by atoms with Gasteiger partial charge in [0, 0.05) is 13.2 Å². The van der Waals surface area contributed by atoms with Crippen LogP contribution in [0.4, 0.5) is 0 Å². The Balaban J connectivity index is 2.81. The highest BCUT2D eigenvalue weighted by atomic mass is 16.5. The van der Waals surface area contributed by atoms with E-state index in [9.17, 15) is 9.59 Å². The van der Waals surface area contributed by atoms with Gasteiger partial charge in [0.1, 0.15) is 12.1 Å². The molecule has 1 aliphatic rings. The minimum absolute atomic E-state index is 0.0491. The Hall–Kier alpha value is -1.10. The topological polar surface area (TPSA) is 66.8 Å². The molecule has 1 rings (SSSR count). The zero-order valence-corrected chi connectivity index (χ0v) is 10.7. The molecule has 1 N–H and O–H groups in total. The van der Waals surface area contributed by atoms with E-state index in [0.717, 1.165) is 25.7 Å². The number of ether oxygens (including phenoxy) is 1. The van der Waals surface area contributed by atoms with E-state index in [4.69, 9.17) is 9.84 Å². The molecule has 17 heavy (non-hydrogen) atoms. The van der Waals surface area contributed by atoms with E-state index < -0.39 is 11.6 Å². The van der Waals surface area contributed by atoms with Gasteiger partial charge in [0.25, 0.3) is 5.91 Å². The molecule has 0 aliphatic heterocycles. The number of carboxylic acids is 1. The number of aliphatic carboxylic acids is 1. The Kier molecular flexibility index (Phi) is 4.51. The molecule has 0 unspecified atom stereocenters. The number of hydrogen-bond donors (Lipinski definition) is 1. The molecule has 0 radical (unpaired) electrons. The van der Waals surface area contributed by atoms with Crippen LogP contribution in [0.25, 0.3) is 0 Å². The lowest BCUT2D eigenvalue weighted by molar-refractivity contribution is -0.158. The lowest BCUT2D eigenvalue weighted by Gasteiger charge is -2.34. The number of methoxy groups -OCH3 is 1. The standard InChI is InChI=1S/C12H21NO4/c1-12(2,17-3)11(16)13(8-10(14)15)9-6-4-5-7-9/h9H,4-8H2,1-3H3,(H,14,15). The summed E-state index contributed by atoms with van der Waals surface area (Å²) < 4.78 is 5.14. The molecular formula is C12H21NO4. The Morgan fingerprint density at radius 1 is 1.35 bits per heavy atom. The Morgan fingerprint density at radius 2 is 1.88 bits per heavy atom. The lowest BCUT2D eigenvalue weighted by Crippen LogP contribution is -2.51. The van der Waals surface area contributed by atoms with Crippen LogP contribution >= 0.6 is 0 Å². The fraction of sp³-hybridized carbons (Fsp3) is 0.833. The van der Waals surface area contributed by atoms with Gasteiger partial charge in [-0.3, -0.25) is 9.59 Å². The molecule has 1 amide bonds. The van der Waals surface area contributed by atoms with Gasteiger partial charge in [-0.1, -0.05) is 12.8 Å². The SMILES string of the molecule is COC(C)(C)C(=O)N(CC(=O)O)C1CCCC1. The third kappa shape index (κ3) is 3.43. The van der Waals surface area contributed by atoms with Gasteiger partial charge in [0.2, 0.25) is 0 Å². The Labute approximate surface area is 102 Å². The molecule has 0 aromatic heterocycles. The number of nitrogens with zero attached hydrogens (tertiary/aromatic N) is 1. The summed E-state index contributed by atoms with van der Waals surface area (Å²) in [5.41, 5.74) is -0.960. The molecule has 98 valence electrons. The van der Waals surface area contributed by atoms with Gasteiger partial charge in [0.05, 0.1) is 0 Å². The molecule has 0 aromatic carbocycles. The van der Waals surface area contributed by atoms with Crippen molar-refractivity contribution in [3.05, 3.63) is 0 Å². The molecule has 5 nitrogen and oxygen atoms in total. The van der Waals surface area contributed by atoms with Gasteiger partial charge in [-0.2, -0.15) is 0 Å². The molecule has 0 atom stereocenters. The molecule has 0 bridgehead atoms. The minimum Gasteiger partial charge on any atom is -0.480 e. The second kappa shape index (κ2) is 5.49. The quantitative estimate of drug-likeness (QED) is 0.789. The zero-order chi connectivity index (χ0) is 13.1. The maximum absolute atomic E-state index is 12.3. The molecule has 1 aliphatic carbocycles. The van der Waals surface area contributed by atoms with Crippen molar-refractivity contribution in [1.82, 2.24) is 4.90 Å². The Morgan fingerprint density at radius 3 is 2.29 bits per heavy atom. The van der Waals surface area contributed by atoms with E-state index >= 15 is 0 Å². The van der Waals surface area contributed by atoms with Crippen molar-refractivity contribution in [1.29, 1.82) is 0 Å². The lowest BCUT2D eigenvalue weighted by atomic mass is 10.1. The Bertz CT molecular complexity index is 295. The highest BCUT2D eigenvalue weighted by molar-refractivity contribution is 5.87. The summed E-state index contributed by atoms with van der Waals surface area (Å²) >= 11 is 0. The molecular weight excluding hydrogens is 222 g/mol. The highest BCUT2D eigenvalue weighted by Gasteiger charge is 2.37. The van der Waals surface area contributed by atoms with Crippen molar-refractivity contribution in [2.24, 2.45) is 0 Å². The summed E-state index contributed by atoms with van der Waals surface area (Å²) in [6, 6.07) is 0.0491. The van der Waals surface area contributed by atoms with Crippen LogP contribution in [0.2, 0.25) is 0 Å². The van der Waals surface area contributed by atoms with Gasteiger partial charge in [-0.25, -0.2) is 0 Å². The van der Waals surface area contributed by atoms with E-state index in [1.165, 1.54) is 12.0 Å².